The summed E-state index contributed by atoms with van der Waals surface area (Å²) in [7, 11) is 0. The number of hydrogen-bond donors (Lipinski definition) is 0. The third-order valence-electron chi connectivity index (χ3n) is 7.80. The van der Waals surface area contributed by atoms with Gasteiger partial charge < -0.3 is 0 Å². The van der Waals surface area contributed by atoms with Crippen LogP contribution in [0.3, 0.4) is 0 Å². The van der Waals surface area contributed by atoms with Crippen molar-refractivity contribution in [2.75, 3.05) is 0 Å². The summed E-state index contributed by atoms with van der Waals surface area (Å²) in [4.78, 5) is 5.21. The van der Waals surface area contributed by atoms with Crippen LogP contribution in [-0.2, 0) is 0 Å². The molecule has 5 rings (SSSR count). The van der Waals surface area contributed by atoms with Crippen molar-refractivity contribution < 1.29 is 0 Å². The van der Waals surface area contributed by atoms with Crippen LogP contribution in [0.25, 0.3) is 22.3 Å². The van der Waals surface area contributed by atoms with Crippen LogP contribution in [0.15, 0.2) is 138 Å². The number of nitrogens with zero attached hydrogens (tertiary/aromatic N) is 1. The highest BCUT2D eigenvalue weighted by atomic mass is 14.8. The van der Waals surface area contributed by atoms with Crippen LogP contribution in [0.1, 0.15) is 48.1 Å². The number of benzene rings is 4. The van der Waals surface area contributed by atoms with Crippen molar-refractivity contribution in [1.29, 1.82) is 0 Å². The van der Waals surface area contributed by atoms with Crippen LogP contribution in [-0.4, -0.2) is 5.71 Å². The summed E-state index contributed by atoms with van der Waals surface area (Å²) >= 11 is 0. The van der Waals surface area contributed by atoms with Gasteiger partial charge in [0.05, 0.1) is 5.71 Å². The minimum atomic E-state index is -0.342. The Bertz CT molecular complexity index is 1640. The molecule has 0 bridgehead atoms. The number of allylic oxidation sites excluding steroid dienone is 3. The number of aryl methyl sites for hydroxylation is 2. The van der Waals surface area contributed by atoms with Crippen LogP contribution in [0.2, 0.25) is 0 Å². The van der Waals surface area contributed by atoms with E-state index in [4.69, 9.17) is 4.99 Å². The first-order valence-electron chi connectivity index (χ1n) is 13.6. The third-order valence-corrected chi connectivity index (χ3v) is 7.80. The van der Waals surface area contributed by atoms with Crippen molar-refractivity contribution in [2.45, 2.75) is 34.1 Å². The Morgan fingerprint density at radius 2 is 1.41 bits per heavy atom. The predicted molar refractivity (Wildman–Crippen MR) is 168 cm³/mol. The molecule has 1 nitrogen and oxygen atoms in total. The normalized spacial score (nSPS) is 17.3. The zero-order valence-electron chi connectivity index (χ0n) is 23.3. The third kappa shape index (κ3) is 5.41. The van der Waals surface area contributed by atoms with Gasteiger partial charge in [0.25, 0.3) is 0 Å². The van der Waals surface area contributed by atoms with E-state index in [1.165, 1.54) is 39.0 Å². The molecular weight excluding hydrogens is 470 g/mol. The zero-order valence-corrected chi connectivity index (χ0v) is 23.3. The highest BCUT2D eigenvalue weighted by Crippen LogP contribution is 2.47. The maximum atomic E-state index is 5.21. The second-order valence-electron chi connectivity index (χ2n) is 10.6. The van der Waals surface area contributed by atoms with E-state index < -0.39 is 0 Å². The Labute approximate surface area is 233 Å². The molecule has 4 aromatic rings. The van der Waals surface area contributed by atoms with Crippen LogP contribution < -0.4 is 0 Å². The smallest absolute Gasteiger partial charge is 0.0708 e. The molecule has 1 atom stereocenters. The van der Waals surface area contributed by atoms with Gasteiger partial charge >= 0.3 is 0 Å². The summed E-state index contributed by atoms with van der Waals surface area (Å²) in [5.41, 5.74) is 15.8. The van der Waals surface area contributed by atoms with Crippen LogP contribution >= 0.6 is 0 Å². The molecule has 0 fully saturated rings. The van der Waals surface area contributed by atoms with Gasteiger partial charge in [0.15, 0.2) is 0 Å². The molecule has 0 amide bonds. The fourth-order valence-corrected chi connectivity index (χ4v) is 5.33. The summed E-state index contributed by atoms with van der Waals surface area (Å²) in [5, 5.41) is 0. The molecule has 0 heterocycles. The second kappa shape index (κ2) is 11.1. The number of hydrogen-bond acceptors (Lipinski definition) is 1. The lowest BCUT2D eigenvalue weighted by atomic mass is 9.76. The maximum absolute atomic E-state index is 5.21. The van der Waals surface area contributed by atoms with E-state index in [1.54, 1.807) is 0 Å². The van der Waals surface area contributed by atoms with Gasteiger partial charge in [-0.05, 0) is 85.2 Å². The first-order chi connectivity index (χ1) is 18.9. The number of aliphatic imine (C=N–C) groups is 1. The molecule has 1 aliphatic rings. The molecule has 1 unspecified atom stereocenters. The summed E-state index contributed by atoms with van der Waals surface area (Å²) < 4.78 is 0. The average molecular weight is 506 g/mol. The average Bonchev–Trinajstić information content (AvgIpc) is 3.36. The number of rotatable bonds is 7. The molecule has 192 valence electrons. The van der Waals surface area contributed by atoms with Gasteiger partial charge in [-0.15, -0.1) is 5.73 Å². The SMILES string of the molecule is C=C(N=C(/C=C(\C)c1ccccc1)c1ccccc1)C1(C)CC=C=C1c1ccc(-c2ccccc2C)c(C)c1. The first-order valence-corrected chi connectivity index (χ1v) is 13.6. The zero-order chi connectivity index (χ0) is 27.4. The molecular formula is C38H35N. The van der Waals surface area contributed by atoms with Crippen molar-refractivity contribution in [1.82, 2.24) is 0 Å². The van der Waals surface area contributed by atoms with E-state index >= 15 is 0 Å². The molecule has 0 radical (unpaired) electrons. The van der Waals surface area contributed by atoms with Crippen molar-refractivity contribution in [2.24, 2.45) is 10.4 Å². The van der Waals surface area contributed by atoms with E-state index in [0.717, 1.165) is 29.0 Å². The lowest BCUT2D eigenvalue weighted by Crippen LogP contribution is -2.18. The Morgan fingerprint density at radius 1 is 0.795 bits per heavy atom. The molecule has 0 aromatic heterocycles. The molecule has 0 saturated carbocycles. The second-order valence-corrected chi connectivity index (χ2v) is 10.6. The van der Waals surface area contributed by atoms with Gasteiger partial charge in [-0.2, -0.15) is 0 Å². The molecule has 39 heavy (non-hydrogen) atoms. The highest BCUT2D eigenvalue weighted by Gasteiger charge is 2.35. The summed E-state index contributed by atoms with van der Waals surface area (Å²) in [5.74, 6) is 0. The van der Waals surface area contributed by atoms with Crippen LogP contribution in [0.5, 0.6) is 0 Å². The van der Waals surface area contributed by atoms with E-state index in [2.05, 4.69) is 143 Å². The fourth-order valence-electron chi connectivity index (χ4n) is 5.33. The monoisotopic (exact) mass is 505 g/mol. The van der Waals surface area contributed by atoms with Gasteiger partial charge in [-0.25, -0.2) is 0 Å². The maximum Gasteiger partial charge on any atom is 0.0708 e. The van der Waals surface area contributed by atoms with Crippen molar-refractivity contribution in [3.8, 4) is 11.1 Å². The van der Waals surface area contributed by atoms with E-state index in [9.17, 15) is 0 Å². The summed E-state index contributed by atoms with van der Waals surface area (Å²) in [6.45, 7) is 13.3. The minimum absolute atomic E-state index is 0.342. The van der Waals surface area contributed by atoms with Gasteiger partial charge in [-0.1, -0.05) is 110 Å². The molecule has 0 spiro atoms. The van der Waals surface area contributed by atoms with Gasteiger partial charge in [0.1, 0.15) is 0 Å². The van der Waals surface area contributed by atoms with Gasteiger partial charge in [0.2, 0.25) is 0 Å². The van der Waals surface area contributed by atoms with Crippen molar-refractivity contribution >= 4 is 16.9 Å². The lowest BCUT2D eigenvalue weighted by molar-refractivity contribution is 0.552. The molecule has 4 aromatic carbocycles. The summed E-state index contributed by atoms with van der Waals surface area (Å²) in [6, 6.07) is 36.1. The van der Waals surface area contributed by atoms with E-state index in [-0.39, 0.29) is 5.41 Å². The first kappa shape index (κ1) is 26.2. The highest BCUT2D eigenvalue weighted by molar-refractivity contribution is 6.12. The van der Waals surface area contributed by atoms with E-state index in [0.29, 0.717) is 0 Å². The molecule has 1 heteroatoms. The Hall–Kier alpha value is -4.45. The Balaban J connectivity index is 1.51. The van der Waals surface area contributed by atoms with Crippen LogP contribution in [0, 0.1) is 19.3 Å². The van der Waals surface area contributed by atoms with Gasteiger partial charge in [0, 0.05) is 22.2 Å². The molecule has 0 saturated heterocycles. The topological polar surface area (TPSA) is 12.4 Å². The lowest BCUT2D eigenvalue weighted by Gasteiger charge is -2.28. The minimum Gasteiger partial charge on any atom is -0.252 e. The van der Waals surface area contributed by atoms with Crippen molar-refractivity contribution in [3.05, 3.63) is 161 Å². The predicted octanol–water partition coefficient (Wildman–Crippen LogP) is 10.0. The Kier molecular flexibility index (Phi) is 7.46. The van der Waals surface area contributed by atoms with Crippen LogP contribution in [0.4, 0.5) is 0 Å². The summed E-state index contributed by atoms with van der Waals surface area (Å²) in [6.07, 6.45) is 5.13. The van der Waals surface area contributed by atoms with Gasteiger partial charge in [-0.3, -0.25) is 4.99 Å². The Morgan fingerprint density at radius 3 is 2.08 bits per heavy atom. The molecule has 0 N–H and O–H groups in total. The largest absolute Gasteiger partial charge is 0.252 e. The molecule has 0 aliphatic heterocycles. The van der Waals surface area contributed by atoms with E-state index in [1.807, 2.05) is 12.1 Å². The fraction of sp³-hybridized carbons (Fsp3) is 0.158. The quantitative estimate of drug-likeness (QED) is 0.175. The standard InChI is InChI=1S/C38H35N/c1-27-15-12-13-20-34(27)35-23-22-33(25-29(35)3)36-21-14-24-38(36,5)30(4)39-37(32-18-10-7-11-19-32)26-28(2)31-16-8-6-9-17-31/h6-20,22-23,25-26H,4,24H2,1-3,5H3/b28-26+,39-37?. The van der Waals surface area contributed by atoms with Crippen molar-refractivity contribution in [3.63, 3.8) is 0 Å². The molecule has 1 aliphatic carbocycles.